The lowest BCUT2D eigenvalue weighted by Gasteiger charge is -2.57. The topological polar surface area (TPSA) is 78.5 Å². The Morgan fingerprint density at radius 1 is 0.909 bits per heavy atom. The first-order chi connectivity index (χ1) is 15.9. The molecule has 1 aliphatic heterocycles. The van der Waals surface area contributed by atoms with Crippen molar-refractivity contribution in [1.82, 2.24) is 4.90 Å². The van der Waals surface area contributed by atoms with Crippen LogP contribution in [0.5, 0.6) is 0 Å². The summed E-state index contributed by atoms with van der Waals surface area (Å²) in [5.74, 6) is 1.27. The number of carbonyl (C=O) groups is 3. The van der Waals surface area contributed by atoms with Gasteiger partial charge in [-0.05, 0) is 87.5 Å². The van der Waals surface area contributed by atoms with Crippen molar-refractivity contribution in [3.63, 3.8) is 0 Å². The molecule has 0 unspecified atom stereocenters. The van der Waals surface area contributed by atoms with Crippen LogP contribution < -0.4 is 10.6 Å². The Morgan fingerprint density at radius 3 is 2.18 bits per heavy atom. The Kier molecular flexibility index (Phi) is 4.61. The molecule has 3 amide bonds. The number of anilines is 2. The zero-order valence-electron chi connectivity index (χ0n) is 18.9. The van der Waals surface area contributed by atoms with E-state index >= 15 is 0 Å². The van der Waals surface area contributed by atoms with Crippen LogP contribution in [0.4, 0.5) is 11.4 Å². The van der Waals surface area contributed by atoms with E-state index in [-0.39, 0.29) is 18.0 Å². The number of amides is 3. The lowest BCUT2D eigenvalue weighted by Crippen LogP contribution is -2.54. The average molecular weight is 444 g/mol. The lowest BCUT2D eigenvalue weighted by atomic mass is 9.53. The molecule has 4 fully saturated rings. The maximum Gasteiger partial charge on any atom is 0.262 e. The fourth-order valence-electron chi connectivity index (χ4n) is 7.13. The number of nitrogens with zero attached hydrogens (tertiary/aromatic N) is 1. The van der Waals surface area contributed by atoms with Crippen LogP contribution in [0, 0.1) is 24.7 Å². The standard InChI is InChI=1S/C27H29N3O3/c1-16-6-7-20-21(8-16)26(33)30(25(20)32)15-24(31)28-22-4-2-3-5-23(22)29-27-12-17-9-18(13-27)11-19(10-17)14-27/h2-8,17-19,29H,9-15H2,1H3,(H,28,31). The molecule has 7 rings (SSSR count). The first-order valence-electron chi connectivity index (χ1n) is 12.0. The molecular weight excluding hydrogens is 414 g/mol. The van der Waals surface area contributed by atoms with Crippen molar-refractivity contribution in [2.75, 3.05) is 17.2 Å². The van der Waals surface area contributed by atoms with E-state index in [1.807, 2.05) is 31.2 Å². The van der Waals surface area contributed by atoms with Crippen molar-refractivity contribution in [3.05, 3.63) is 59.2 Å². The highest BCUT2D eigenvalue weighted by Gasteiger charge is 2.51. The molecule has 33 heavy (non-hydrogen) atoms. The molecule has 0 aromatic heterocycles. The molecule has 2 N–H and O–H groups in total. The van der Waals surface area contributed by atoms with Crippen LogP contribution in [-0.2, 0) is 4.79 Å². The Morgan fingerprint density at radius 2 is 1.52 bits per heavy atom. The minimum Gasteiger partial charge on any atom is -0.378 e. The summed E-state index contributed by atoms with van der Waals surface area (Å²) in [6.45, 7) is 1.58. The maximum atomic E-state index is 12.9. The van der Waals surface area contributed by atoms with E-state index < -0.39 is 11.8 Å². The zero-order chi connectivity index (χ0) is 22.7. The second kappa shape index (κ2) is 7.44. The van der Waals surface area contributed by atoms with Gasteiger partial charge in [-0.1, -0.05) is 23.8 Å². The van der Waals surface area contributed by atoms with Crippen molar-refractivity contribution in [2.24, 2.45) is 17.8 Å². The van der Waals surface area contributed by atoms with Gasteiger partial charge in [0.2, 0.25) is 5.91 Å². The van der Waals surface area contributed by atoms with Crippen molar-refractivity contribution < 1.29 is 14.4 Å². The molecule has 1 heterocycles. The van der Waals surface area contributed by atoms with Crippen LogP contribution in [0.1, 0.15) is 64.8 Å². The number of imide groups is 1. The summed E-state index contributed by atoms with van der Waals surface area (Å²) in [5.41, 5.74) is 3.39. The number of aryl methyl sites for hydroxylation is 1. The third-order valence-electron chi connectivity index (χ3n) is 8.07. The van der Waals surface area contributed by atoms with Crippen LogP contribution in [0.2, 0.25) is 0 Å². The van der Waals surface area contributed by atoms with E-state index in [4.69, 9.17) is 0 Å². The van der Waals surface area contributed by atoms with Crippen LogP contribution >= 0.6 is 0 Å². The van der Waals surface area contributed by atoms with Crippen molar-refractivity contribution >= 4 is 29.1 Å². The first kappa shape index (κ1) is 20.5. The molecule has 6 nitrogen and oxygen atoms in total. The third-order valence-corrected chi connectivity index (χ3v) is 8.07. The number of nitrogens with one attached hydrogen (secondary N) is 2. The summed E-state index contributed by atoms with van der Waals surface area (Å²) >= 11 is 0. The second-order valence-electron chi connectivity index (χ2n) is 10.7. The predicted octanol–water partition coefficient (Wildman–Crippen LogP) is 4.61. The highest BCUT2D eigenvalue weighted by atomic mass is 16.2. The van der Waals surface area contributed by atoms with Gasteiger partial charge in [0, 0.05) is 5.54 Å². The molecule has 170 valence electrons. The highest BCUT2D eigenvalue weighted by molar-refractivity contribution is 6.22. The monoisotopic (exact) mass is 443 g/mol. The number of para-hydroxylation sites is 2. The molecule has 4 bridgehead atoms. The Labute approximate surface area is 193 Å². The quantitative estimate of drug-likeness (QED) is 0.662. The van der Waals surface area contributed by atoms with E-state index in [2.05, 4.69) is 10.6 Å². The third kappa shape index (κ3) is 3.52. The van der Waals surface area contributed by atoms with Gasteiger partial charge < -0.3 is 10.6 Å². The number of hydrogen-bond donors (Lipinski definition) is 2. The molecule has 2 aromatic carbocycles. The SMILES string of the molecule is Cc1ccc2c(c1)C(=O)N(CC(=O)Nc1ccccc1NC13CC4CC(CC(C4)C1)C3)C2=O. The maximum absolute atomic E-state index is 12.9. The fraction of sp³-hybridized carbons (Fsp3) is 0.444. The van der Waals surface area contributed by atoms with Crippen molar-refractivity contribution in [1.29, 1.82) is 0 Å². The summed E-state index contributed by atoms with van der Waals surface area (Å²) in [6.07, 6.45) is 7.73. The van der Waals surface area contributed by atoms with E-state index in [0.29, 0.717) is 16.8 Å². The Hall–Kier alpha value is -3.15. The molecule has 4 saturated carbocycles. The molecule has 6 heteroatoms. The first-order valence-corrected chi connectivity index (χ1v) is 12.0. The largest absolute Gasteiger partial charge is 0.378 e. The lowest BCUT2D eigenvalue weighted by molar-refractivity contribution is -0.116. The van der Waals surface area contributed by atoms with Gasteiger partial charge in [0.1, 0.15) is 6.54 Å². The average Bonchev–Trinajstić information content (AvgIpc) is 2.98. The predicted molar refractivity (Wildman–Crippen MR) is 126 cm³/mol. The van der Waals surface area contributed by atoms with Crippen LogP contribution in [0.25, 0.3) is 0 Å². The van der Waals surface area contributed by atoms with Crippen molar-refractivity contribution in [3.8, 4) is 0 Å². The van der Waals surface area contributed by atoms with E-state index in [1.54, 1.807) is 18.2 Å². The summed E-state index contributed by atoms with van der Waals surface area (Å²) < 4.78 is 0. The van der Waals surface area contributed by atoms with Crippen LogP contribution in [-0.4, -0.2) is 34.7 Å². The Bertz CT molecular complexity index is 1140. The van der Waals surface area contributed by atoms with Gasteiger partial charge in [-0.3, -0.25) is 19.3 Å². The molecule has 2 aromatic rings. The van der Waals surface area contributed by atoms with Gasteiger partial charge in [0.05, 0.1) is 22.5 Å². The summed E-state index contributed by atoms with van der Waals surface area (Å²) in [7, 11) is 0. The van der Waals surface area contributed by atoms with E-state index in [9.17, 15) is 14.4 Å². The zero-order valence-corrected chi connectivity index (χ0v) is 18.9. The molecule has 0 radical (unpaired) electrons. The summed E-state index contributed by atoms with van der Waals surface area (Å²) in [4.78, 5) is 39.4. The fourth-order valence-corrected chi connectivity index (χ4v) is 7.13. The van der Waals surface area contributed by atoms with Gasteiger partial charge in [-0.15, -0.1) is 0 Å². The number of benzene rings is 2. The number of hydrogen-bond acceptors (Lipinski definition) is 4. The molecule has 0 spiro atoms. The smallest absolute Gasteiger partial charge is 0.262 e. The van der Waals surface area contributed by atoms with E-state index in [1.165, 1.54) is 38.5 Å². The van der Waals surface area contributed by atoms with E-state index in [0.717, 1.165) is 33.9 Å². The molecule has 4 aliphatic carbocycles. The molecule has 0 atom stereocenters. The minimum absolute atomic E-state index is 0.121. The van der Waals surface area contributed by atoms with Gasteiger partial charge in [-0.2, -0.15) is 0 Å². The number of rotatable bonds is 5. The minimum atomic E-state index is -0.412. The number of fused-ring (bicyclic) bond motifs is 1. The number of carbonyl (C=O) groups excluding carboxylic acids is 3. The van der Waals surface area contributed by atoms with Gasteiger partial charge >= 0.3 is 0 Å². The normalized spacial score (nSPS) is 29.4. The Balaban J connectivity index is 1.17. The van der Waals surface area contributed by atoms with Gasteiger partial charge in [-0.25, -0.2) is 0 Å². The second-order valence-corrected chi connectivity index (χ2v) is 10.7. The van der Waals surface area contributed by atoms with Gasteiger partial charge in [0.15, 0.2) is 0 Å². The van der Waals surface area contributed by atoms with Crippen molar-refractivity contribution in [2.45, 2.75) is 51.0 Å². The molecule has 0 saturated heterocycles. The summed E-state index contributed by atoms with van der Waals surface area (Å²) in [5, 5.41) is 6.78. The molecular formula is C27H29N3O3. The van der Waals surface area contributed by atoms with Gasteiger partial charge in [0.25, 0.3) is 11.8 Å². The molecule has 5 aliphatic rings. The van der Waals surface area contributed by atoms with Crippen LogP contribution in [0.15, 0.2) is 42.5 Å². The summed E-state index contributed by atoms with van der Waals surface area (Å²) in [6, 6.07) is 12.9. The van der Waals surface area contributed by atoms with Crippen LogP contribution in [0.3, 0.4) is 0 Å². The highest BCUT2D eigenvalue weighted by Crippen LogP contribution is 2.56.